The standard InChI is InChI=1S/C20H23ClN2O2/c1-3-14(2)15-8-10-16(11-9-15)23-19(24)12-13-22-20(25)17-6-4-5-7-18(17)21/h4-11,14H,3,12-13H2,1-2H3,(H,22,25)(H,23,24). The van der Waals surface area contributed by atoms with Gasteiger partial charge in [0.15, 0.2) is 0 Å². The van der Waals surface area contributed by atoms with Gasteiger partial charge >= 0.3 is 0 Å². The van der Waals surface area contributed by atoms with Crippen molar-refractivity contribution in [2.75, 3.05) is 11.9 Å². The SMILES string of the molecule is CCC(C)c1ccc(NC(=O)CCNC(=O)c2ccccc2Cl)cc1. The Balaban J connectivity index is 1.79. The van der Waals surface area contributed by atoms with Crippen molar-refractivity contribution >= 4 is 29.1 Å². The normalized spacial score (nSPS) is 11.6. The molecular weight excluding hydrogens is 336 g/mol. The molecular formula is C20H23ClN2O2. The van der Waals surface area contributed by atoms with Crippen LogP contribution in [-0.2, 0) is 4.79 Å². The van der Waals surface area contributed by atoms with Gasteiger partial charge in [0.25, 0.3) is 5.91 Å². The molecule has 1 unspecified atom stereocenters. The summed E-state index contributed by atoms with van der Waals surface area (Å²) in [4.78, 5) is 24.0. The molecule has 0 aromatic heterocycles. The zero-order valence-corrected chi connectivity index (χ0v) is 15.3. The summed E-state index contributed by atoms with van der Waals surface area (Å²) in [5, 5.41) is 5.93. The van der Waals surface area contributed by atoms with Crippen molar-refractivity contribution in [1.29, 1.82) is 0 Å². The van der Waals surface area contributed by atoms with E-state index < -0.39 is 0 Å². The number of halogens is 1. The molecule has 4 nitrogen and oxygen atoms in total. The lowest BCUT2D eigenvalue weighted by molar-refractivity contribution is -0.116. The molecule has 0 spiro atoms. The van der Waals surface area contributed by atoms with E-state index >= 15 is 0 Å². The van der Waals surface area contributed by atoms with Crippen molar-refractivity contribution in [2.45, 2.75) is 32.6 Å². The van der Waals surface area contributed by atoms with Crippen LogP contribution in [0.2, 0.25) is 5.02 Å². The summed E-state index contributed by atoms with van der Waals surface area (Å²) < 4.78 is 0. The van der Waals surface area contributed by atoms with E-state index in [1.54, 1.807) is 24.3 Å². The first-order valence-electron chi connectivity index (χ1n) is 8.43. The zero-order chi connectivity index (χ0) is 18.2. The van der Waals surface area contributed by atoms with Crippen LogP contribution in [0.1, 0.15) is 48.5 Å². The molecule has 2 rings (SSSR count). The molecule has 0 saturated heterocycles. The molecule has 2 amide bonds. The number of carbonyl (C=O) groups excluding carboxylic acids is 2. The van der Waals surface area contributed by atoms with E-state index in [2.05, 4.69) is 24.5 Å². The Hall–Kier alpha value is -2.33. The minimum Gasteiger partial charge on any atom is -0.351 e. The van der Waals surface area contributed by atoms with Crippen LogP contribution in [0.15, 0.2) is 48.5 Å². The second-order valence-corrected chi connectivity index (χ2v) is 6.37. The average molecular weight is 359 g/mol. The van der Waals surface area contributed by atoms with Gasteiger partial charge in [0.05, 0.1) is 10.6 Å². The Kier molecular flexibility index (Phi) is 7.02. The van der Waals surface area contributed by atoms with Crippen LogP contribution in [0.3, 0.4) is 0 Å². The summed E-state index contributed by atoms with van der Waals surface area (Å²) in [6.07, 6.45) is 1.28. The van der Waals surface area contributed by atoms with Crippen LogP contribution < -0.4 is 10.6 Å². The Morgan fingerprint density at radius 1 is 1.08 bits per heavy atom. The Labute approximate surface area is 153 Å². The van der Waals surface area contributed by atoms with Crippen LogP contribution in [-0.4, -0.2) is 18.4 Å². The number of nitrogens with one attached hydrogen (secondary N) is 2. The highest BCUT2D eigenvalue weighted by molar-refractivity contribution is 6.33. The smallest absolute Gasteiger partial charge is 0.252 e. The van der Waals surface area contributed by atoms with Gasteiger partial charge in [-0.25, -0.2) is 0 Å². The second-order valence-electron chi connectivity index (χ2n) is 5.97. The molecule has 0 radical (unpaired) electrons. The van der Waals surface area contributed by atoms with E-state index in [1.807, 2.05) is 24.3 Å². The van der Waals surface area contributed by atoms with Gasteiger partial charge in [0.2, 0.25) is 5.91 Å². The number of hydrogen-bond acceptors (Lipinski definition) is 2. The Morgan fingerprint density at radius 2 is 1.76 bits per heavy atom. The molecule has 0 bridgehead atoms. The van der Waals surface area contributed by atoms with Crippen molar-refractivity contribution < 1.29 is 9.59 Å². The number of rotatable bonds is 7. The first-order valence-corrected chi connectivity index (χ1v) is 8.81. The molecule has 132 valence electrons. The van der Waals surface area contributed by atoms with Crippen molar-refractivity contribution in [1.82, 2.24) is 5.32 Å². The number of amides is 2. The third-order valence-corrected chi connectivity index (χ3v) is 4.46. The summed E-state index contributed by atoms with van der Waals surface area (Å²) >= 11 is 5.97. The molecule has 0 aliphatic carbocycles. The molecule has 25 heavy (non-hydrogen) atoms. The van der Waals surface area contributed by atoms with E-state index in [0.717, 1.165) is 12.1 Å². The highest BCUT2D eigenvalue weighted by Crippen LogP contribution is 2.20. The van der Waals surface area contributed by atoms with Gasteiger partial charge in [-0.3, -0.25) is 9.59 Å². The van der Waals surface area contributed by atoms with Gasteiger partial charge in [-0.05, 0) is 42.2 Å². The van der Waals surface area contributed by atoms with E-state index in [0.29, 0.717) is 16.5 Å². The molecule has 2 N–H and O–H groups in total. The highest BCUT2D eigenvalue weighted by Gasteiger charge is 2.10. The fraction of sp³-hybridized carbons (Fsp3) is 0.300. The van der Waals surface area contributed by atoms with E-state index in [4.69, 9.17) is 11.6 Å². The molecule has 0 heterocycles. The molecule has 2 aromatic rings. The average Bonchev–Trinajstić information content (AvgIpc) is 2.62. The van der Waals surface area contributed by atoms with Crippen molar-refractivity contribution in [3.63, 3.8) is 0 Å². The summed E-state index contributed by atoms with van der Waals surface area (Å²) in [5.74, 6) is 0.0804. The maximum Gasteiger partial charge on any atom is 0.252 e. The quantitative estimate of drug-likeness (QED) is 0.759. The van der Waals surface area contributed by atoms with Crippen LogP contribution in [0, 0.1) is 0 Å². The molecule has 5 heteroatoms. The van der Waals surface area contributed by atoms with Gasteiger partial charge in [0.1, 0.15) is 0 Å². The zero-order valence-electron chi connectivity index (χ0n) is 14.5. The molecule has 1 atom stereocenters. The van der Waals surface area contributed by atoms with Gasteiger partial charge in [0, 0.05) is 18.7 Å². The summed E-state index contributed by atoms with van der Waals surface area (Å²) in [5.41, 5.74) is 2.42. The predicted molar refractivity (Wildman–Crippen MR) is 102 cm³/mol. The van der Waals surface area contributed by atoms with Crippen LogP contribution in [0.25, 0.3) is 0 Å². The Bertz CT molecular complexity index is 729. The minimum absolute atomic E-state index is 0.143. The molecule has 0 aliphatic heterocycles. The fourth-order valence-corrected chi connectivity index (χ4v) is 2.61. The largest absolute Gasteiger partial charge is 0.351 e. The highest BCUT2D eigenvalue weighted by atomic mass is 35.5. The van der Waals surface area contributed by atoms with Gasteiger partial charge in [-0.15, -0.1) is 0 Å². The lowest BCUT2D eigenvalue weighted by Gasteiger charge is -2.11. The van der Waals surface area contributed by atoms with Crippen molar-refractivity contribution in [3.8, 4) is 0 Å². The first kappa shape index (κ1) is 19.0. The molecule has 0 fully saturated rings. The maximum atomic E-state index is 12.0. The van der Waals surface area contributed by atoms with E-state index in [9.17, 15) is 9.59 Å². The number of anilines is 1. The van der Waals surface area contributed by atoms with Gasteiger partial charge < -0.3 is 10.6 Å². The van der Waals surface area contributed by atoms with Crippen LogP contribution in [0.5, 0.6) is 0 Å². The van der Waals surface area contributed by atoms with E-state index in [1.165, 1.54) is 5.56 Å². The lowest BCUT2D eigenvalue weighted by atomic mass is 9.99. The first-order chi connectivity index (χ1) is 12.0. The summed E-state index contributed by atoms with van der Waals surface area (Å²) in [6.45, 7) is 4.58. The third kappa shape index (κ3) is 5.61. The summed E-state index contributed by atoms with van der Waals surface area (Å²) in [7, 11) is 0. The monoisotopic (exact) mass is 358 g/mol. The summed E-state index contributed by atoms with van der Waals surface area (Å²) in [6, 6.07) is 14.7. The van der Waals surface area contributed by atoms with Crippen molar-refractivity contribution in [2.24, 2.45) is 0 Å². The Morgan fingerprint density at radius 3 is 2.40 bits per heavy atom. The van der Waals surface area contributed by atoms with Crippen molar-refractivity contribution in [3.05, 3.63) is 64.7 Å². The van der Waals surface area contributed by atoms with E-state index in [-0.39, 0.29) is 24.8 Å². The number of carbonyl (C=O) groups is 2. The number of hydrogen-bond donors (Lipinski definition) is 2. The third-order valence-electron chi connectivity index (χ3n) is 4.13. The molecule has 0 saturated carbocycles. The predicted octanol–water partition coefficient (Wildman–Crippen LogP) is 4.61. The fourth-order valence-electron chi connectivity index (χ4n) is 2.38. The van der Waals surface area contributed by atoms with Gasteiger partial charge in [-0.2, -0.15) is 0 Å². The molecule has 2 aromatic carbocycles. The lowest BCUT2D eigenvalue weighted by Crippen LogP contribution is -2.27. The topological polar surface area (TPSA) is 58.2 Å². The van der Waals surface area contributed by atoms with Gasteiger partial charge in [-0.1, -0.05) is 49.7 Å². The minimum atomic E-state index is -0.281. The van der Waals surface area contributed by atoms with Crippen LogP contribution >= 0.6 is 11.6 Å². The second kappa shape index (κ2) is 9.23. The maximum absolute atomic E-state index is 12.0. The molecule has 0 aliphatic rings. The number of benzene rings is 2. The van der Waals surface area contributed by atoms with Crippen LogP contribution in [0.4, 0.5) is 5.69 Å².